The first-order valence-electron chi connectivity index (χ1n) is 6.65. The molecule has 2 heteroatoms. The second-order valence-corrected chi connectivity index (χ2v) is 4.82. The van der Waals surface area contributed by atoms with Gasteiger partial charge >= 0.3 is 0 Å². The van der Waals surface area contributed by atoms with Crippen LogP contribution in [0.25, 0.3) is 0 Å². The fraction of sp³-hybridized carbons (Fsp3) is 0.312. The van der Waals surface area contributed by atoms with E-state index < -0.39 is 0 Å². The summed E-state index contributed by atoms with van der Waals surface area (Å²) in [5.74, 6) is 0. The average Bonchev–Trinajstić information content (AvgIpc) is 2.84. The van der Waals surface area contributed by atoms with Gasteiger partial charge in [0, 0.05) is 31.2 Å². The number of hydrogen-bond acceptors (Lipinski definition) is 2. The lowest BCUT2D eigenvalue weighted by Gasteiger charge is -2.19. The van der Waals surface area contributed by atoms with E-state index in [1.165, 1.54) is 36.2 Å². The zero-order chi connectivity index (χ0) is 12.2. The van der Waals surface area contributed by atoms with Gasteiger partial charge in [-0.05, 0) is 48.6 Å². The molecule has 1 aromatic heterocycles. The number of para-hydroxylation sites is 1. The average molecular weight is 238 g/mol. The molecular weight excluding hydrogens is 220 g/mol. The molecule has 0 saturated heterocycles. The molecule has 1 aliphatic rings. The SMILES string of the molecule is c1ccc2c(c1)CCN2CCCc1ccncc1. The van der Waals surface area contributed by atoms with Crippen LogP contribution in [0.4, 0.5) is 5.69 Å². The highest BCUT2D eigenvalue weighted by Gasteiger charge is 2.17. The van der Waals surface area contributed by atoms with Gasteiger partial charge in [-0.2, -0.15) is 0 Å². The molecule has 2 heterocycles. The Labute approximate surface area is 108 Å². The molecule has 92 valence electrons. The molecule has 0 unspecified atom stereocenters. The van der Waals surface area contributed by atoms with Crippen LogP contribution in [-0.4, -0.2) is 18.1 Å². The highest BCUT2D eigenvalue weighted by molar-refractivity contribution is 5.57. The van der Waals surface area contributed by atoms with Crippen LogP contribution < -0.4 is 4.90 Å². The standard InChI is InChI=1S/C16H18N2/c1-2-6-16-15(5-1)9-13-18(16)12-3-4-14-7-10-17-11-8-14/h1-2,5-8,10-11H,3-4,9,12-13H2. The Morgan fingerprint density at radius 2 is 1.89 bits per heavy atom. The van der Waals surface area contributed by atoms with Gasteiger partial charge in [-0.1, -0.05) is 18.2 Å². The van der Waals surface area contributed by atoms with Gasteiger partial charge in [-0.15, -0.1) is 0 Å². The van der Waals surface area contributed by atoms with E-state index >= 15 is 0 Å². The minimum Gasteiger partial charge on any atom is -0.371 e. The van der Waals surface area contributed by atoms with Gasteiger partial charge in [0.25, 0.3) is 0 Å². The fourth-order valence-corrected chi connectivity index (χ4v) is 2.66. The molecule has 0 atom stereocenters. The summed E-state index contributed by atoms with van der Waals surface area (Å²) in [7, 11) is 0. The van der Waals surface area contributed by atoms with Crippen LogP contribution in [0.15, 0.2) is 48.8 Å². The second kappa shape index (κ2) is 5.21. The summed E-state index contributed by atoms with van der Waals surface area (Å²) in [6.45, 7) is 2.33. The van der Waals surface area contributed by atoms with E-state index in [-0.39, 0.29) is 0 Å². The number of fused-ring (bicyclic) bond motifs is 1. The Hall–Kier alpha value is -1.83. The maximum absolute atomic E-state index is 4.05. The molecule has 0 bridgehead atoms. The summed E-state index contributed by atoms with van der Waals surface area (Å²) < 4.78 is 0. The van der Waals surface area contributed by atoms with Gasteiger partial charge in [0.15, 0.2) is 0 Å². The van der Waals surface area contributed by atoms with Crippen LogP contribution in [0.2, 0.25) is 0 Å². The molecule has 0 saturated carbocycles. The van der Waals surface area contributed by atoms with E-state index in [1.807, 2.05) is 12.4 Å². The third-order valence-electron chi connectivity index (χ3n) is 3.63. The van der Waals surface area contributed by atoms with Crippen molar-refractivity contribution in [1.82, 2.24) is 4.98 Å². The zero-order valence-corrected chi connectivity index (χ0v) is 10.5. The molecule has 0 amide bonds. The van der Waals surface area contributed by atoms with E-state index in [1.54, 1.807) is 0 Å². The molecule has 0 spiro atoms. The topological polar surface area (TPSA) is 16.1 Å². The summed E-state index contributed by atoms with van der Waals surface area (Å²) >= 11 is 0. The molecule has 0 aliphatic carbocycles. The lowest BCUT2D eigenvalue weighted by molar-refractivity contribution is 0.750. The molecule has 0 radical (unpaired) electrons. The van der Waals surface area contributed by atoms with Crippen LogP contribution in [0, 0.1) is 0 Å². The quantitative estimate of drug-likeness (QED) is 0.813. The fourth-order valence-electron chi connectivity index (χ4n) is 2.66. The van der Waals surface area contributed by atoms with Crippen LogP contribution >= 0.6 is 0 Å². The number of hydrogen-bond donors (Lipinski definition) is 0. The van der Waals surface area contributed by atoms with Crippen LogP contribution in [0.1, 0.15) is 17.5 Å². The summed E-state index contributed by atoms with van der Waals surface area (Å²) in [5, 5.41) is 0. The highest BCUT2D eigenvalue weighted by Crippen LogP contribution is 2.27. The number of aromatic nitrogens is 1. The third-order valence-corrected chi connectivity index (χ3v) is 3.63. The number of rotatable bonds is 4. The number of benzene rings is 1. The molecule has 1 aromatic carbocycles. The molecule has 2 nitrogen and oxygen atoms in total. The molecule has 3 rings (SSSR count). The molecular formula is C16H18N2. The summed E-state index contributed by atoms with van der Waals surface area (Å²) in [6.07, 6.45) is 7.30. The van der Waals surface area contributed by atoms with E-state index in [9.17, 15) is 0 Å². The molecule has 1 aliphatic heterocycles. The first-order valence-corrected chi connectivity index (χ1v) is 6.65. The lowest BCUT2D eigenvalue weighted by atomic mass is 10.1. The zero-order valence-electron chi connectivity index (χ0n) is 10.5. The Morgan fingerprint density at radius 3 is 2.78 bits per heavy atom. The smallest absolute Gasteiger partial charge is 0.0399 e. The van der Waals surface area contributed by atoms with Crippen molar-refractivity contribution in [1.29, 1.82) is 0 Å². The van der Waals surface area contributed by atoms with E-state index in [2.05, 4.69) is 46.3 Å². The van der Waals surface area contributed by atoms with Gasteiger partial charge < -0.3 is 4.90 Å². The van der Waals surface area contributed by atoms with Crippen molar-refractivity contribution < 1.29 is 0 Å². The van der Waals surface area contributed by atoms with Crippen molar-refractivity contribution in [2.24, 2.45) is 0 Å². The lowest BCUT2D eigenvalue weighted by Crippen LogP contribution is -2.22. The predicted octanol–water partition coefficient (Wildman–Crippen LogP) is 3.08. The monoisotopic (exact) mass is 238 g/mol. The normalized spacial score (nSPS) is 13.7. The van der Waals surface area contributed by atoms with Gasteiger partial charge in [0.05, 0.1) is 0 Å². The van der Waals surface area contributed by atoms with Crippen LogP contribution in [-0.2, 0) is 12.8 Å². The van der Waals surface area contributed by atoms with Crippen LogP contribution in [0.3, 0.4) is 0 Å². The molecule has 2 aromatic rings. The highest BCUT2D eigenvalue weighted by atomic mass is 15.1. The van der Waals surface area contributed by atoms with Crippen molar-refractivity contribution in [2.45, 2.75) is 19.3 Å². The number of nitrogens with zero attached hydrogens (tertiary/aromatic N) is 2. The Kier molecular flexibility index (Phi) is 3.26. The maximum Gasteiger partial charge on any atom is 0.0399 e. The molecule has 0 fully saturated rings. The van der Waals surface area contributed by atoms with E-state index in [4.69, 9.17) is 0 Å². The predicted molar refractivity (Wildman–Crippen MR) is 74.9 cm³/mol. The first kappa shape index (κ1) is 11.3. The van der Waals surface area contributed by atoms with Crippen molar-refractivity contribution in [2.75, 3.05) is 18.0 Å². The summed E-state index contributed by atoms with van der Waals surface area (Å²) in [6, 6.07) is 13.0. The molecule has 18 heavy (non-hydrogen) atoms. The van der Waals surface area contributed by atoms with Crippen molar-refractivity contribution in [3.63, 3.8) is 0 Å². The third kappa shape index (κ3) is 2.37. The van der Waals surface area contributed by atoms with Crippen molar-refractivity contribution >= 4 is 5.69 Å². The van der Waals surface area contributed by atoms with Crippen molar-refractivity contribution in [3.8, 4) is 0 Å². The van der Waals surface area contributed by atoms with E-state index in [0.29, 0.717) is 0 Å². The largest absolute Gasteiger partial charge is 0.371 e. The minimum atomic E-state index is 1.14. The van der Waals surface area contributed by atoms with Gasteiger partial charge in [0.2, 0.25) is 0 Å². The van der Waals surface area contributed by atoms with Gasteiger partial charge in [-0.3, -0.25) is 4.98 Å². The second-order valence-electron chi connectivity index (χ2n) is 4.82. The Balaban J connectivity index is 1.56. The van der Waals surface area contributed by atoms with Gasteiger partial charge in [-0.25, -0.2) is 0 Å². The Bertz CT molecular complexity index is 508. The number of anilines is 1. The maximum atomic E-state index is 4.05. The van der Waals surface area contributed by atoms with Crippen molar-refractivity contribution in [3.05, 3.63) is 59.9 Å². The van der Waals surface area contributed by atoms with Gasteiger partial charge in [0.1, 0.15) is 0 Å². The first-order chi connectivity index (χ1) is 8.93. The summed E-state index contributed by atoms with van der Waals surface area (Å²) in [5.41, 5.74) is 4.33. The van der Waals surface area contributed by atoms with E-state index in [0.717, 1.165) is 13.0 Å². The van der Waals surface area contributed by atoms with Crippen LogP contribution in [0.5, 0.6) is 0 Å². The summed E-state index contributed by atoms with van der Waals surface area (Å²) in [4.78, 5) is 6.56. The molecule has 0 N–H and O–H groups in total. The number of aryl methyl sites for hydroxylation is 1. The Morgan fingerprint density at radius 1 is 1.06 bits per heavy atom. The number of pyridine rings is 1. The minimum absolute atomic E-state index is 1.14.